The second kappa shape index (κ2) is 7.55. The molecule has 2 rings (SSSR count). The molecule has 0 unspecified atom stereocenters. The van der Waals surface area contributed by atoms with E-state index in [1.54, 1.807) is 0 Å². The van der Waals surface area contributed by atoms with E-state index in [0.717, 1.165) is 11.0 Å². The van der Waals surface area contributed by atoms with Gasteiger partial charge in [-0.1, -0.05) is 18.2 Å². The average Bonchev–Trinajstić information content (AvgIpc) is 2.83. The highest BCUT2D eigenvalue weighted by molar-refractivity contribution is 5.82. The number of carbonyl (C=O) groups is 2. The van der Waals surface area contributed by atoms with Crippen LogP contribution < -0.4 is 5.32 Å². The summed E-state index contributed by atoms with van der Waals surface area (Å²) in [4.78, 5) is 24.6. The van der Waals surface area contributed by atoms with E-state index >= 15 is 0 Å². The van der Waals surface area contributed by atoms with Crippen LogP contribution in [0.1, 0.15) is 30.4 Å². The Labute approximate surface area is 145 Å². The fraction of sp³-hybridized carbons (Fsp3) is 0.500. The molecule has 1 aliphatic rings. The smallest absolute Gasteiger partial charge is 0.351 e. The van der Waals surface area contributed by atoms with Crippen molar-refractivity contribution in [3.05, 3.63) is 35.4 Å². The Morgan fingerprint density at radius 3 is 2.42 bits per heavy atom. The summed E-state index contributed by atoms with van der Waals surface area (Å²) >= 11 is 0. The Morgan fingerprint density at radius 1 is 1.15 bits per heavy atom. The fourth-order valence-electron chi connectivity index (χ4n) is 2.72. The van der Waals surface area contributed by atoms with Gasteiger partial charge >= 0.3 is 12.4 Å². The van der Waals surface area contributed by atoms with Crippen LogP contribution in [0.25, 0.3) is 0 Å². The van der Waals surface area contributed by atoms with E-state index < -0.39 is 48.6 Å². The molecule has 0 radical (unpaired) electrons. The van der Waals surface area contributed by atoms with Crippen LogP contribution in [-0.4, -0.2) is 35.5 Å². The summed E-state index contributed by atoms with van der Waals surface area (Å²) in [5.74, 6) is -1.32. The van der Waals surface area contributed by atoms with Gasteiger partial charge in [-0.15, -0.1) is 0 Å². The average molecular weight is 382 g/mol. The molecule has 10 heteroatoms. The van der Waals surface area contributed by atoms with Gasteiger partial charge in [0.15, 0.2) is 0 Å². The molecule has 0 aromatic heterocycles. The van der Waals surface area contributed by atoms with Crippen molar-refractivity contribution in [1.29, 1.82) is 0 Å². The molecule has 1 aliphatic heterocycles. The SMILES string of the molecule is O=C(CCC(F)(F)F)N[C@H]1CC(=O)N(Cc2ccccc2C(F)(F)F)C1. The number of rotatable bonds is 5. The third-order valence-electron chi connectivity index (χ3n) is 3.90. The second-order valence-electron chi connectivity index (χ2n) is 6.01. The molecule has 0 aliphatic carbocycles. The topological polar surface area (TPSA) is 49.4 Å². The number of hydrogen-bond donors (Lipinski definition) is 1. The largest absolute Gasteiger partial charge is 0.416 e. The van der Waals surface area contributed by atoms with Gasteiger partial charge in [0.05, 0.1) is 18.0 Å². The summed E-state index contributed by atoms with van der Waals surface area (Å²) in [5, 5.41) is 2.32. The third kappa shape index (κ3) is 5.63. The van der Waals surface area contributed by atoms with Gasteiger partial charge in [-0.25, -0.2) is 0 Å². The monoisotopic (exact) mass is 382 g/mol. The van der Waals surface area contributed by atoms with Gasteiger partial charge in [-0.2, -0.15) is 26.3 Å². The lowest BCUT2D eigenvalue weighted by atomic mass is 10.1. The van der Waals surface area contributed by atoms with Crippen molar-refractivity contribution >= 4 is 11.8 Å². The highest BCUT2D eigenvalue weighted by Crippen LogP contribution is 2.33. The Kier molecular flexibility index (Phi) is 5.82. The minimum absolute atomic E-state index is 0.0528. The van der Waals surface area contributed by atoms with E-state index in [2.05, 4.69) is 5.32 Å². The van der Waals surface area contributed by atoms with Gasteiger partial charge in [0.1, 0.15) is 0 Å². The zero-order chi connectivity index (χ0) is 19.5. The Balaban J connectivity index is 1.96. The van der Waals surface area contributed by atoms with Crippen LogP contribution in [0.15, 0.2) is 24.3 Å². The predicted molar refractivity (Wildman–Crippen MR) is 78.7 cm³/mol. The van der Waals surface area contributed by atoms with Crippen molar-refractivity contribution in [2.24, 2.45) is 0 Å². The van der Waals surface area contributed by atoms with E-state index in [1.165, 1.54) is 18.2 Å². The quantitative estimate of drug-likeness (QED) is 0.795. The van der Waals surface area contributed by atoms with Crippen molar-refractivity contribution in [1.82, 2.24) is 10.2 Å². The fourth-order valence-corrected chi connectivity index (χ4v) is 2.72. The first-order valence-corrected chi connectivity index (χ1v) is 7.74. The minimum Gasteiger partial charge on any atom is -0.351 e. The summed E-state index contributed by atoms with van der Waals surface area (Å²) in [6.07, 6.45) is -11.2. The van der Waals surface area contributed by atoms with Crippen LogP contribution in [0, 0.1) is 0 Å². The zero-order valence-corrected chi connectivity index (χ0v) is 13.5. The van der Waals surface area contributed by atoms with E-state index in [-0.39, 0.29) is 25.1 Å². The van der Waals surface area contributed by atoms with Crippen LogP contribution in [-0.2, 0) is 22.3 Å². The first kappa shape index (κ1) is 20.1. The Morgan fingerprint density at radius 2 is 1.81 bits per heavy atom. The molecule has 4 nitrogen and oxygen atoms in total. The summed E-state index contributed by atoms with van der Waals surface area (Å²) in [7, 11) is 0. The van der Waals surface area contributed by atoms with Crippen LogP contribution >= 0.6 is 0 Å². The van der Waals surface area contributed by atoms with E-state index in [4.69, 9.17) is 0 Å². The van der Waals surface area contributed by atoms with Crippen LogP contribution in [0.5, 0.6) is 0 Å². The molecule has 26 heavy (non-hydrogen) atoms. The molecule has 1 atom stereocenters. The lowest BCUT2D eigenvalue weighted by Gasteiger charge is -2.20. The Bertz CT molecular complexity index is 671. The molecule has 1 saturated heterocycles. The highest BCUT2D eigenvalue weighted by Gasteiger charge is 2.36. The van der Waals surface area contributed by atoms with Gasteiger partial charge in [-0.3, -0.25) is 9.59 Å². The van der Waals surface area contributed by atoms with Gasteiger partial charge < -0.3 is 10.2 Å². The molecular formula is C16H16F6N2O2. The van der Waals surface area contributed by atoms with Gasteiger partial charge in [-0.05, 0) is 11.6 Å². The summed E-state index contributed by atoms with van der Waals surface area (Å²) in [6.45, 7) is -0.341. The number of carbonyl (C=O) groups excluding carboxylic acids is 2. The maximum absolute atomic E-state index is 13.0. The normalized spacial score (nSPS) is 18.3. The standard InChI is InChI=1S/C16H16F6N2O2/c17-15(18,19)6-5-13(25)23-11-7-14(26)24(9-11)8-10-3-1-2-4-12(10)16(20,21)22/h1-4,11H,5-9H2,(H,23,25)/t11-/m0/s1. The van der Waals surface area contributed by atoms with Crippen LogP contribution in [0.3, 0.4) is 0 Å². The van der Waals surface area contributed by atoms with Crippen molar-refractivity contribution in [3.63, 3.8) is 0 Å². The third-order valence-corrected chi connectivity index (χ3v) is 3.90. The summed E-state index contributed by atoms with van der Waals surface area (Å²) in [6, 6.07) is 4.10. The molecule has 0 spiro atoms. The van der Waals surface area contributed by atoms with Crippen LogP contribution in [0.4, 0.5) is 26.3 Å². The number of amides is 2. The predicted octanol–water partition coefficient (Wildman–Crippen LogP) is 3.27. The maximum atomic E-state index is 13.0. The lowest BCUT2D eigenvalue weighted by molar-refractivity contribution is -0.144. The van der Waals surface area contributed by atoms with Crippen molar-refractivity contribution in [3.8, 4) is 0 Å². The van der Waals surface area contributed by atoms with Crippen molar-refractivity contribution in [2.45, 2.75) is 44.2 Å². The molecule has 144 valence electrons. The van der Waals surface area contributed by atoms with Crippen molar-refractivity contribution in [2.75, 3.05) is 6.54 Å². The molecule has 2 amide bonds. The molecule has 1 N–H and O–H groups in total. The molecule has 0 bridgehead atoms. The molecular weight excluding hydrogens is 366 g/mol. The number of alkyl halides is 6. The van der Waals surface area contributed by atoms with Crippen LogP contribution in [0.2, 0.25) is 0 Å². The van der Waals surface area contributed by atoms with E-state index in [9.17, 15) is 35.9 Å². The first-order chi connectivity index (χ1) is 12.0. The molecule has 1 aromatic carbocycles. The highest BCUT2D eigenvalue weighted by atomic mass is 19.4. The summed E-state index contributed by atoms with van der Waals surface area (Å²) < 4.78 is 75.3. The number of hydrogen-bond acceptors (Lipinski definition) is 2. The van der Waals surface area contributed by atoms with E-state index in [0.29, 0.717) is 0 Å². The van der Waals surface area contributed by atoms with Crippen molar-refractivity contribution < 1.29 is 35.9 Å². The number of halogens is 6. The molecule has 1 fully saturated rings. The number of nitrogens with one attached hydrogen (secondary N) is 1. The van der Waals surface area contributed by atoms with E-state index in [1.807, 2.05) is 0 Å². The minimum atomic E-state index is -4.56. The number of likely N-dealkylation sites (tertiary alicyclic amines) is 1. The van der Waals surface area contributed by atoms with Gasteiger partial charge in [0.2, 0.25) is 11.8 Å². The second-order valence-corrected chi connectivity index (χ2v) is 6.01. The van der Waals surface area contributed by atoms with Gasteiger partial charge in [0.25, 0.3) is 0 Å². The maximum Gasteiger partial charge on any atom is 0.416 e. The molecule has 1 aromatic rings. The van der Waals surface area contributed by atoms with Gasteiger partial charge in [0, 0.05) is 25.9 Å². The number of nitrogens with zero attached hydrogens (tertiary/aromatic N) is 1. The lowest BCUT2D eigenvalue weighted by Crippen LogP contribution is -2.37. The first-order valence-electron chi connectivity index (χ1n) is 7.74. The molecule has 1 heterocycles. The molecule has 0 saturated carbocycles. The summed E-state index contributed by atoms with van der Waals surface area (Å²) in [5.41, 5.74) is -0.942. The zero-order valence-electron chi connectivity index (χ0n) is 13.5. The number of benzene rings is 1. The Hall–Kier alpha value is -2.26.